The van der Waals surface area contributed by atoms with E-state index in [-0.39, 0.29) is 36.0 Å². The van der Waals surface area contributed by atoms with Crippen LogP contribution in [0.15, 0.2) is 182 Å². The largest absolute Gasteiger partial charge is 0.457 e. The summed E-state index contributed by atoms with van der Waals surface area (Å²) < 4.78 is 28.3. The van der Waals surface area contributed by atoms with E-state index in [9.17, 15) is 9.59 Å². The average molecular weight is 1610 g/mol. The Balaban J connectivity index is 0.000000183. The quantitative estimate of drug-likeness (QED) is 0.0433. The van der Waals surface area contributed by atoms with Gasteiger partial charge in [0.1, 0.15) is 12.2 Å². The number of hydrogen-bond donors (Lipinski definition) is 0. The number of ether oxygens (including phenoxy) is 2. The van der Waals surface area contributed by atoms with Crippen LogP contribution in [0.5, 0.6) is 0 Å². The molecule has 4 unspecified atom stereocenters. The van der Waals surface area contributed by atoms with E-state index in [0.717, 1.165) is 128 Å². The summed E-state index contributed by atoms with van der Waals surface area (Å²) >= 11 is 14.6. The van der Waals surface area contributed by atoms with Crippen molar-refractivity contribution in [1.29, 1.82) is 0 Å². The van der Waals surface area contributed by atoms with E-state index in [1.807, 2.05) is 68.0 Å². The van der Waals surface area contributed by atoms with Crippen LogP contribution in [-0.4, -0.2) is 11.9 Å². The van der Waals surface area contributed by atoms with Gasteiger partial charge in [0.05, 0.1) is 50.1 Å². The molecule has 0 N–H and O–H groups in total. The Labute approximate surface area is 687 Å². The number of rotatable bonds is 20. The Morgan fingerprint density at radius 3 is 1.00 bits per heavy atom. The van der Waals surface area contributed by atoms with Gasteiger partial charge in [-0.2, -0.15) is 0 Å². The van der Waals surface area contributed by atoms with E-state index in [1.165, 1.54) is 138 Å². The summed E-state index contributed by atoms with van der Waals surface area (Å²) in [7, 11) is 0. The highest BCUT2D eigenvalue weighted by atomic mass is 32.1. The Kier molecular flexibility index (Phi) is 23.2. The van der Waals surface area contributed by atoms with E-state index in [1.54, 1.807) is 22.7 Å². The number of thiophene rings is 8. The number of hydrogen-bond acceptors (Lipinski definition) is 12. The summed E-state index contributed by atoms with van der Waals surface area (Å²) in [6.45, 7) is 8.83. The molecule has 112 heavy (non-hydrogen) atoms. The lowest BCUT2D eigenvalue weighted by molar-refractivity contribution is -0.156. The summed E-state index contributed by atoms with van der Waals surface area (Å²) in [5.74, 6) is 27.4. The molecule has 0 aliphatic heterocycles. The van der Waals surface area contributed by atoms with Gasteiger partial charge in [-0.05, 0) is 155 Å². The number of carbonyl (C=O) groups is 2. The van der Waals surface area contributed by atoms with E-state index >= 15 is 0 Å². The van der Waals surface area contributed by atoms with Crippen molar-refractivity contribution in [2.24, 2.45) is 11.8 Å². The number of carbonyl (C=O) groups excluding carboxylic acids is 2. The predicted molar refractivity (Wildman–Crippen MR) is 489 cm³/mol. The van der Waals surface area contributed by atoms with E-state index in [4.69, 9.17) is 9.47 Å². The van der Waals surface area contributed by atoms with Crippen molar-refractivity contribution in [1.82, 2.24) is 0 Å². The predicted octanol–water partition coefficient (Wildman–Crippen LogP) is 30.6. The zero-order valence-corrected chi connectivity index (χ0v) is 69.9. The maximum atomic E-state index is 13.6. The molecule has 0 radical (unpaired) electrons. The first-order valence-electron chi connectivity index (χ1n) is 39.8. The van der Waals surface area contributed by atoms with Gasteiger partial charge in [0.25, 0.3) is 0 Å². The molecule has 0 fully saturated rings. The van der Waals surface area contributed by atoms with Gasteiger partial charge < -0.3 is 9.47 Å². The summed E-state index contributed by atoms with van der Waals surface area (Å²) in [6.07, 6.45) is 26.7. The van der Waals surface area contributed by atoms with Crippen LogP contribution in [-0.2, 0) is 19.1 Å². The lowest BCUT2D eigenvalue weighted by Gasteiger charge is -2.25. The SMILES string of the molecule is C(#Cc1cc2sc3cc4c(cc3c2s1)sc1cc(C#Cc2ccc3ccccc3c2)sc14)c1ccc2ccccc2c1.CCCCCCC(CCCC)C(=O)OC1CC=Cc2ccc(C#Cc3cc4sc5cc6c(cc5c4s3)sc3cc(C#Cc4ccc5c(c4)C(OC(=O)C(CCCC)CCCCCC)CC=C5)sc36)cc21. The molecule has 18 rings (SSSR count). The third-order valence-electron chi connectivity index (χ3n) is 21.6. The lowest BCUT2D eigenvalue weighted by Crippen LogP contribution is -2.22. The first kappa shape index (κ1) is 75.3. The second kappa shape index (κ2) is 34.5. The van der Waals surface area contributed by atoms with Gasteiger partial charge in [-0.25, -0.2) is 0 Å². The topological polar surface area (TPSA) is 52.6 Å². The number of fused-ring (bicyclic) bond motifs is 16. The van der Waals surface area contributed by atoms with Crippen molar-refractivity contribution < 1.29 is 19.1 Å². The highest BCUT2D eigenvalue weighted by molar-refractivity contribution is 7.36. The fraction of sp³-hybridized carbons (Fsp3) is 0.260. The normalized spacial score (nSPS) is 14.2. The Hall–Kier alpha value is -9.38. The molecule has 0 saturated carbocycles. The van der Waals surface area contributed by atoms with Crippen LogP contribution < -0.4 is 0 Å². The molecule has 0 spiro atoms. The highest BCUT2D eigenvalue weighted by Crippen LogP contribution is 2.49. The van der Waals surface area contributed by atoms with Crippen molar-refractivity contribution in [2.75, 3.05) is 0 Å². The summed E-state index contributed by atoms with van der Waals surface area (Å²) in [4.78, 5) is 31.5. The molecule has 2 aliphatic rings. The van der Waals surface area contributed by atoms with Crippen LogP contribution >= 0.6 is 90.7 Å². The minimum Gasteiger partial charge on any atom is -0.457 e. The number of benzene rings is 8. The van der Waals surface area contributed by atoms with E-state index in [0.29, 0.717) is 12.8 Å². The van der Waals surface area contributed by atoms with Gasteiger partial charge in [-0.3, -0.25) is 9.59 Å². The van der Waals surface area contributed by atoms with Crippen LogP contribution in [0.1, 0.15) is 219 Å². The molecular formula is C100H84O4S8. The van der Waals surface area contributed by atoms with Gasteiger partial charge >= 0.3 is 11.9 Å². The standard InChI is InChI=1S/C62H66O4S4.C38H18S4/c1-5-9-13-15-21-45(19-11-7-3)61(63)65-53-25-17-23-43-31-27-41(35-49(43)53)29-33-47-37-57-59(67-47)51-39-56-52(40-55(51)69-57)60-58(70-56)38-48(68-60)34-30-42-28-32-44-24-18-26-54(50(44)36-42)66-62(64)46(20-12-8-4)22-16-14-10-6-2;1-3-7-27-17-23(9-13-25(27)5-1)11-15-29-19-35-37(39-29)31-21-34-32(22-33(31)41-35)38-36(42-34)20-30(40-38)16-12-24-10-14-26-6-2-4-8-28(26)18-24/h17-18,23-24,27-28,31-32,35-40,45-46,53-54H,5-16,19-22,25-26H2,1-4H3;1-10,13-14,17-22H. The minimum atomic E-state index is -0.277. The Bertz CT molecular complexity index is 6210. The average Bonchev–Trinajstić information content (AvgIpc) is 1.59. The molecule has 8 heterocycles. The molecular weight excluding hydrogens is 1520 g/mol. The molecule has 16 aromatic rings. The van der Waals surface area contributed by atoms with Crippen LogP contribution in [0.25, 0.3) is 112 Å². The molecule has 0 bridgehead atoms. The lowest BCUT2D eigenvalue weighted by atomic mass is 9.92. The van der Waals surface area contributed by atoms with Gasteiger partial charge in [0.2, 0.25) is 0 Å². The van der Waals surface area contributed by atoms with Crippen LogP contribution in [0.3, 0.4) is 0 Å². The molecule has 556 valence electrons. The van der Waals surface area contributed by atoms with Crippen molar-refractivity contribution >= 4 is 214 Å². The fourth-order valence-electron chi connectivity index (χ4n) is 15.6. The van der Waals surface area contributed by atoms with Crippen molar-refractivity contribution in [3.63, 3.8) is 0 Å². The molecule has 2 aliphatic carbocycles. The van der Waals surface area contributed by atoms with Crippen molar-refractivity contribution in [2.45, 2.75) is 155 Å². The van der Waals surface area contributed by atoms with Gasteiger partial charge in [-0.1, -0.05) is 249 Å². The molecule has 8 aromatic heterocycles. The first-order chi connectivity index (χ1) is 55.0. The molecule has 4 nitrogen and oxygen atoms in total. The third kappa shape index (κ3) is 16.7. The Morgan fingerprint density at radius 1 is 0.330 bits per heavy atom. The van der Waals surface area contributed by atoms with Crippen molar-refractivity contribution in [3.8, 4) is 47.4 Å². The first-order valence-corrected chi connectivity index (χ1v) is 46.3. The van der Waals surface area contributed by atoms with Gasteiger partial charge in [0.15, 0.2) is 0 Å². The summed E-state index contributed by atoms with van der Waals surface area (Å²) in [5, 5.41) is 10.2. The smallest absolute Gasteiger partial charge is 0.309 e. The van der Waals surface area contributed by atoms with Gasteiger partial charge in [0, 0.05) is 105 Å². The van der Waals surface area contributed by atoms with Crippen LogP contribution in [0.2, 0.25) is 0 Å². The zero-order valence-electron chi connectivity index (χ0n) is 63.4. The summed E-state index contributed by atoms with van der Waals surface area (Å²) in [6, 6.07) is 60.9. The number of unbranched alkanes of at least 4 members (excludes halogenated alkanes) is 8. The monoisotopic (exact) mass is 1600 g/mol. The molecule has 8 aromatic carbocycles. The minimum absolute atomic E-state index is 0.0254. The van der Waals surface area contributed by atoms with Crippen LogP contribution in [0.4, 0.5) is 0 Å². The highest BCUT2D eigenvalue weighted by Gasteiger charge is 2.29. The van der Waals surface area contributed by atoms with E-state index < -0.39 is 0 Å². The maximum Gasteiger partial charge on any atom is 0.309 e. The molecule has 4 atom stereocenters. The summed E-state index contributed by atoms with van der Waals surface area (Å²) in [5.41, 5.74) is 8.30. The molecule has 0 saturated heterocycles. The second-order valence-corrected chi connectivity index (χ2v) is 38.2. The second-order valence-electron chi connectivity index (χ2n) is 29.6. The van der Waals surface area contributed by atoms with E-state index in [2.05, 4.69) is 269 Å². The Morgan fingerprint density at radius 2 is 0.652 bits per heavy atom. The fourth-order valence-corrected chi connectivity index (χ4v) is 25.1. The molecule has 0 amide bonds. The third-order valence-corrected chi connectivity index (χ3v) is 30.9. The molecule has 12 heteroatoms. The van der Waals surface area contributed by atoms with Crippen LogP contribution in [0, 0.1) is 59.2 Å². The number of esters is 2. The zero-order chi connectivity index (χ0) is 76.0. The van der Waals surface area contributed by atoms with Crippen molar-refractivity contribution in [3.05, 3.63) is 246 Å². The maximum absolute atomic E-state index is 13.6. The van der Waals surface area contributed by atoms with Gasteiger partial charge in [-0.15, -0.1) is 90.7 Å².